The lowest BCUT2D eigenvalue weighted by molar-refractivity contribution is -0.355. The zero-order chi connectivity index (χ0) is 9.43. The lowest BCUT2D eigenvalue weighted by Crippen LogP contribution is -2.67. The van der Waals surface area contributed by atoms with Crippen molar-refractivity contribution in [1.29, 1.82) is 0 Å². The van der Waals surface area contributed by atoms with E-state index in [1.54, 1.807) is 12.2 Å². The molecule has 3 aliphatic rings. The van der Waals surface area contributed by atoms with Gasteiger partial charge in [0.2, 0.25) is 0 Å². The Bertz CT molecular complexity index is 266. The van der Waals surface area contributed by atoms with Gasteiger partial charge in [-0.3, -0.25) is 0 Å². The molecule has 13 heavy (non-hydrogen) atoms. The molecule has 4 heteroatoms. The Labute approximate surface area is 72.6 Å². The van der Waals surface area contributed by atoms with Gasteiger partial charge in [-0.1, -0.05) is 12.2 Å². The molecule has 2 saturated carbocycles. The number of halogens is 4. The van der Waals surface area contributed by atoms with E-state index in [-0.39, 0.29) is 11.8 Å². The molecule has 3 aliphatic carbocycles. The molecular weight excluding hydrogens is 184 g/mol. The van der Waals surface area contributed by atoms with Crippen LogP contribution < -0.4 is 0 Å². The number of hydrogen-bond donors (Lipinski definition) is 0. The molecule has 2 fully saturated rings. The highest BCUT2D eigenvalue weighted by atomic mass is 19.3. The highest BCUT2D eigenvalue weighted by Crippen LogP contribution is 2.71. The number of alkyl halides is 4. The predicted octanol–water partition coefficient (Wildman–Crippen LogP) is 2.71. The van der Waals surface area contributed by atoms with Crippen molar-refractivity contribution < 1.29 is 17.6 Å². The molecule has 4 atom stereocenters. The van der Waals surface area contributed by atoms with E-state index in [0.717, 1.165) is 0 Å². The molecule has 72 valence electrons. The van der Waals surface area contributed by atoms with E-state index in [1.165, 1.54) is 0 Å². The third-order valence-electron chi connectivity index (χ3n) is 3.74. The summed E-state index contributed by atoms with van der Waals surface area (Å²) in [6.45, 7) is 0. The van der Waals surface area contributed by atoms with Crippen LogP contribution in [0.3, 0.4) is 0 Å². The summed E-state index contributed by atoms with van der Waals surface area (Å²) in [5.74, 6) is -10.3. The van der Waals surface area contributed by atoms with Crippen molar-refractivity contribution in [1.82, 2.24) is 0 Å². The minimum absolute atomic E-state index is 0.301. The van der Waals surface area contributed by atoms with Crippen molar-refractivity contribution in [3.8, 4) is 0 Å². The molecule has 4 unspecified atom stereocenters. The van der Waals surface area contributed by atoms with Crippen LogP contribution in [-0.4, -0.2) is 11.8 Å². The fourth-order valence-corrected chi connectivity index (χ4v) is 3.16. The van der Waals surface area contributed by atoms with Crippen LogP contribution in [0.25, 0.3) is 0 Å². The summed E-state index contributed by atoms with van der Waals surface area (Å²) in [5.41, 5.74) is 0. The SMILES string of the molecule is FC1(F)C2C3C=CC(C3)C2C1(F)F. The first-order chi connectivity index (χ1) is 5.96. The first kappa shape index (κ1) is 7.83. The summed E-state index contributed by atoms with van der Waals surface area (Å²) < 4.78 is 51.8. The quantitative estimate of drug-likeness (QED) is 0.409. The number of rotatable bonds is 0. The Morgan fingerprint density at radius 3 is 1.62 bits per heavy atom. The molecule has 0 spiro atoms. The Balaban J connectivity index is 2.04. The molecule has 0 aliphatic heterocycles. The van der Waals surface area contributed by atoms with Crippen LogP contribution in [0.15, 0.2) is 12.2 Å². The standard InChI is InChI=1S/C9H8F4/c10-8(11)6-4-1-2-5(3-4)7(6)9(8,12)13/h1-2,4-7H,3H2. The number of hydrogen-bond acceptors (Lipinski definition) is 0. The number of fused-ring (bicyclic) bond motifs is 5. The topological polar surface area (TPSA) is 0 Å². The van der Waals surface area contributed by atoms with Crippen LogP contribution in [0.5, 0.6) is 0 Å². The number of allylic oxidation sites excluding steroid dienone is 2. The fraction of sp³-hybridized carbons (Fsp3) is 0.778. The molecule has 0 amide bonds. The van der Waals surface area contributed by atoms with Crippen molar-refractivity contribution in [3.63, 3.8) is 0 Å². The molecule has 0 nitrogen and oxygen atoms in total. The molecule has 2 bridgehead atoms. The average Bonchev–Trinajstić information content (AvgIpc) is 2.60. The molecule has 0 heterocycles. The molecule has 0 aromatic heterocycles. The van der Waals surface area contributed by atoms with E-state index in [1.807, 2.05) is 0 Å². The van der Waals surface area contributed by atoms with Crippen molar-refractivity contribution in [3.05, 3.63) is 12.2 Å². The van der Waals surface area contributed by atoms with Gasteiger partial charge in [-0.15, -0.1) is 0 Å². The molecule has 0 aromatic rings. The van der Waals surface area contributed by atoms with Crippen molar-refractivity contribution in [2.75, 3.05) is 0 Å². The summed E-state index contributed by atoms with van der Waals surface area (Å²) >= 11 is 0. The highest BCUT2D eigenvalue weighted by Gasteiger charge is 2.83. The Morgan fingerprint density at radius 2 is 1.23 bits per heavy atom. The van der Waals surface area contributed by atoms with Crippen molar-refractivity contribution in [2.24, 2.45) is 23.7 Å². The first-order valence-electron chi connectivity index (χ1n) is 4.40. The monoisotopic (exact) mass is 192 g/mol. The van der Waals surface area contributed by atoms with Crippen LogP contribution in [0.4, 0.5) is 17.6 Å². The van der Waals surface area contributed by atoms with Gasteiger partial charge in [0.1, 0.15) is 0 Å². The minimum atomic E-state index is -3.76. The van der Waals surface area contributed by atoms with Crippen LogP contribution in [0.1, 0.15) is 6.42 Å². The van der Waals surface area contributed by atoms with E-state index in [4.69, 9.17) is 0 Å². The third-order valence-corrected chi connectivity index (χ3v) is 3.74. The van der Waals surface area contributed by atoms with Crippen LogP contribution >= 0.6 is 0 Å². The third kappa shape index (κ3) is 0.597. The van der Waals surface area contributed by atoms with Gasteiger partial charge in [0.25, 0.3) is 0 Å². The lowest BCUT2D eigenvalue weighted by atomic mass is 9.61. The van der Waals surface area contributed by atoms with Crippen molar-refractivity contribution >= 4 is 0 Å². The van der Waals surface area contributed by atoms with Gasteiger partial charge >= 0.3 is 11.8 Å². The maximum Gasteiger partial charge on any atom is 0.314 e. The summed E-state index contributed by atoms with van der Waals surface area (Å²) in [6.07, 6.45) is 3.85. The zero-order valence-corrected chi connectivity index (χ0v) is 6.68. The predicted molar refractivity (Wildman–Crippen MR) is 37.6 cm³/mol. The van der Waals surface area contributed by atoms with Gasteiger partial charge in [-0.05, 0) is 18.3 Å². The molecule has 0 aromatic carbocycles. The summed E-state index contributed by atoms with van der Waals surface area (Å²) in [5, 5.41) is 0. The molecular formula is C9H8F4. The first-order valence-corrected chi connectivity index (χ1v) is 4.40. The summed E-state index contributed by atoms with van der Waals surface area (Å²) in [7, 11) is 0. The summed E-state index contributed by atoms with van der Waals surface area (Å²) in [4.78, 5) is 0. The van der Waals surface area contributed by atoms with Crippen molar-refractivity contribution in [2.45, 2.75) is 18.3 Å². The van der Waals surface area contributed by atoms with Gasteiger partial charge in [0, 0.05) is 11.8 Å². The van der Waals surface area contributed by atoms with Gasteiger partial charge in [0.05, 0.1) is 0 Å². The van der Waals surface area contributed by atoms with E-state index in [2.05, 4.69) is 0 Å². The average molecular weight is 192 g/mol. The largest absolute Gasteiger partial charge is 0.314 e. The summed E-state index contributed by atoms with van der Waals surface area (Å²) in [6, 6.07) is 0. The van der Waals surface area contributed by atoms with Crippen LogP contribution in [0.2, 0.25) is 0 Å². The molecule has 0 radical (unpaired) electrons. The fourth-order valence-electron chi connectivity index (χ4n) is 3.16. The van der Waals surface area contributed by atoms with Gasteiger partial charge < -0.3 is 0 Å². The Morgan fingerprint density at radius 1 is 0.846 bits per heavy atom. The van der Waals surface area contributed by atoms with Gasteiger partial charge in [0.15, 0.2) is 0 Å². The van der Waals surface area contributed by atoms with E-state index in [0.29, 0.717) is 6.42 Å². The van der Waals surface area contributed by atoms with E-state index in [9.17, 15) is 17.6 Å². The van der Waals surface area contributed by atoms with Crippen LogP contribution in [0, 0.1) is 23.7 Å². The molecule has 0 N–H and O–H groups in total. The molecule has 3 rings (SSSR count). The van der Waals surface area contributed by atoms with Gasteiger partial charge in [-0.25, -0.2) is 0 Å². The lowest BCUT2D eigenvalue weighted by Gasteiger charge is -2.51. The maximum atomic E-state index is 12.9. The Hall–Kier alpha value is -0.540. The van der Waals surface area contributed by atoms with E-state index < -0.39 is 23.7 Å². The second-order valence-electron chi connectivity index (χ2n) is 4.25. The minimum Gasteiger partial charge on any atom is -0.200 e. The van der Waals surface area contributed by atoms with Crippen LogP contribution in [-0.2, 0) is 0 Å². The normalized spacial score (nSPS) is 53.2. The second-order valence-corrected chi connectivity index (χ2v) is 4.25. The maximum absolute atomic E-state index is 12.9. The zero-order valence-electron chi connectivity index (χ0n) is 6.68. The van der Waals surface area contributed by atoms with E-state index >= 15 is 0 Å². The second kappa shape index (κ2) is 1.79. The highest BCUT2D eigenvalue weighted by molar-refractivity contribution is 5.27. The smallest absolute Gasteiger partial charge is 0.200 e. The Kier molecular flexibility index (Phi) is 1.08. The molecule has 0 saturated heterocycles. The van der Waals surface area contributed by atoms with Gasteiger partial charge in [-0.2, -0.15) is 17.6 Å².